The lowest BCUT2D eigenvalue weighted by Gasteiger charge is -2.60. The van der Waals surface area contributed by atoms with Crippen molar-refractivity contribution in [3.8, 4) is 0 Å². The average Bonchev–Trinajstić information content (AvgIpc) is 2.42. The van der Waals surface area contributed by atoms with Gasteiger partial charge in [0.1, 0.15) is 0 Å². The van der Waals surface area contributed by atoms with Crippen molar-refractivity contribution in [2.24, 2.45) is 17.3 Å². The summed E-state index contributed by atoms with van der Waals surface area (Å²) in [5.74, 6) is 1.36. The number of aliphatic hydroxyl groups is 1. The Morgan fingerprint density at radius 1 is 1.26 bits per heavy atom. The minimum Gasteiger partial charge on any atom is -0.390 e. The van der Waals surface area contributed by atoms with Gasteiger partial charge in [0.25, 0.3) is 0 Å². The number of carbonyl (C=O) groups is 1. The molecule has 4 saturated carbocycles. The number of hydrogen-bond acceptors (Lipinski definition) is 2. The van der Waals surface area contributed by atoms with Gasteiger partial charge < -0.3 is 10.4 Å². The molecule has 0 heterocycles. The lowest BCUT2D eigenvalue weighted by atomic mass is 9.47. The Balaban J connectivity index is 1.39. The number of carbonyl (C=O) groups excluding carboxylic acids is 1. The highest BCUT2D eigenvalue weighted by Gasteiger charge is 2.57. The number of halogens is 1. The molecule has 4 aliphatic carbocycles. The third-order valence-electron chi connectivity index (χ3n) is 6.07. The fraction of sp³-hybridized carbons (Fsp3) is 0.632. The molecule has 0 aromatic heterocycles. The average molecular weight is 334 g/mol. The van der Waals surface area contributed by atoms with Crippen molar-refractivity contribution in [3.05, 3.63) is 34.9 Å². The minimum absolute atomic E-state index is 0.0389. The molecule has 1 amide bonds. The fourth-order valence-electron chi connectivity index (χ4n) is 5.86. The summed E-state index contributed by atoms with van der Waals surface area (Å²) in [6.07, 6.45) is 6.78. The summed E-state index contributed by atoms with van der Waals surface area (Å²) in [6, 6.07) is 7.59. The van der Waals surface area contributed by atoms with E-state index in [4.69, 9.17) is 11.6 Å². The third-order valence-corrected chi connectivity index (χ3v) is 6.30. The van der Waals surface area contributed by atoms with E-state index in [1.165, 1.54) is 6.42 Å². The molecule has 23 heavy (non-hydrogen) atoms. The van der Waals surface area contributed by atoms with Gasteiger partial charge >= 0.3 is 0 Å². The van der Waals surface area contributed by atoms with Gasteiger partial charge in [0.05, 0.1) is 5.60 Å². The molecule has 0 radical (unpaired) electrons. The van der Waals surface area contributed by atoms with E-state index in [1.54, 1.807) is 0 Å². The van der Waals surface area contributed by atoms with Gasteiger partial charge in [-0.1, -0.05) is 23.7 Å². The highest BCUT2D eigenvalue weighted by Crippen LogP contribution is 2.62. The molecule has 0 saturated heterocycles. The zero-order valence-electron chi connectivity index (χ0n) is 13.4. The van der Waals surface area contributed by atoms with E-state index in [9.17, 15) is 9.90 Å². The molecule has 4 heteroatoms. The Kier molecular flexibility index (Phi) is 3.69. The minimum atomic E-state index is -0.489. The number of hydrogen-bond donors (Lipinski definition) is 2. The largest absolute Gasteiger partial charge is 0.390 e. The Morgan fingerprint density at radius 2 is 2.00 bits per heavy atom. The third kappa shape index (κ3) is 3.14. The van der Waals surface area contributed by atoms with Crippen LogP contribution in [0.1, 0.15) is 50.5 Å². The van der Waals surface area contributed by atoms with Gasteiger partial charge in [0.2, 0.25) is 5.91 Å². The molecule has 4 atom stereocenters. The highest BCUT2D eigenvalue weighted by atomic mass is 35.5. The van der Waals surface area contributed by atoms with Crippen LogP contribution >= 0.6 is 11.6 Å². The SMILES string of the molecule is O=C(CC12C[C@@H]3C[C@@H](CC(O)(C3)C1)C2)NCc1cccc(Cl)c1. The second-order valence-electron chi connectivity index (χ2n) is 8.27. The first kappa shape index (κ1) is 15.5. The summed E-state index contributed by atoms with van der Waals surface area (Å²) in [4.78, 5) is 12.5. The Bertz CT molecular complexity index is 616. The summed E-state index contributed by atoms with van der Waals surface area (Å²) in [5, 5.41) is 14.5. The van der Waals surface area contributed by atoms with Gasteiger partial charge in [-0.05, 0) is 73.5 Å². The van der Waals surface area contributed by atoms with Gasteiger partial charge in [-0.3, -0.25) is 4.79 Å². The van der Waals surface area contributed by atoms with Gasteiger partial charge in [0, 0.05) is 18.0 Å². The van der Waals surface area contributed by atoms with E-state index in [-0.39, 0.29) is 11.3 Å². The van der Waals surface area contributed by atoms with E-state index in [0.29, 0.717) is 29.8 Å². The van der Waals surface area contributed by atoms with Gasteiger partial charge in [-0.2, -0.15) is 0 Å². The molecular weight excluding hydrogens is 310 g/mol. The molecule has 0 aliphatic heterocycles. The van der Waals surface area contributed by atoms with Crippen LogP contribution in [-0.2, 0) is 11.3 Å². The summed E-state index contributed by atoms with van der Waals surface area (Å²) >= 11 is 5.98. The van der Waals surface area contributed by atoms with E-state index in [0.717, 1.165) is 37.7 Å². The Hall–Kier alpha value is -1.06. The lowest BCUT2D eigenvalue weighted by molar-refractivity contribution is -0.169. The molecule has 4 aliphatic rings. The van der Waals surface area contributed by atoms with Crippen molar-refractivity contribution in [2.45, 2.75) is 57.1 Å². The number of amides is 1. The number of nitrogens with one attached hydrogen (secondary N) is 1. The maximum absolute atomic E-state index is 12.5. The summed E-state index contributed by atoms with van der Waals surface area (Å²) < 4.78 is 0. The molecule has 4 bridgehead atoms. The van der Waals surface area contributed by atoms with Crippen LogP contribution in [0.4, 0.5) is 0 Å². The van der Waals surface area contributed by atoms with Gasteiger partial charge in [-0.25, -0.2) is 0 Å². The monoisotopic (exact) mass is 333 g/mol. The lowest BCUT2D eigenvalue weighted by Crippen LogP contribution is -2.56. The zero-order valence-corrected chi connectivity index (χ0v) is 14.1. The molecule has 3 nitrogen and oxygen atoms in total. The maximum Gasteiger partial charge on any atom is 0.220 e. The second kappa shape index (κ2) is 5.49. The second-order valence-corrected chi connectivity index (χ2v) is 8.71. The molecule has 124 valence electrons. The number of rotatable bonds is 4. The molecule has 4 fully saturated rings. The van der Waals surface area contributed by atoms with Crippen LogP contribution in [0.25, 0.3) is 0 Å². The first-order valence-corrected chi connectivity index (χ1v) is 9.05. The topological polar surface area (TPSA) is 49.3 Å². The molecule has 1 aromatic rings. The van der Waals surface area contributed by atoms with Crippen LogP contribution in [-0.4, -0.2) is 16.6 Å². The summed E-state index contributed by atoms with van der Waals surface area (Å²) in [6.45, 7) is 0.520. The Labute approximate surface area is 142 Å². The molecule has 2 N–H and O–H groups in total. The van der Waals surface area contributed by atoms with Gasteiger partial charge in [0.15, 0.2) is 0 Å². The van der Waals surface area contributed by atoms with Crippen LogP contribution in [0.2, 0.25) is 5.02 Å². The molecule has 5 rings (SSSR count). The molecule has 2 unspecified atom stereocenters. The molecular formula is C19H24ClNO2. The molecule has 1 aromatic carbocycles. The normalized spacial score (nSPS) is 37.8. The first-order valence-electron chi connectivity index (χ1n) is 8.67. The zero-order chi connectivity index (χ0) is 16.1. The van der Waals surface area contributed by atoms with E-state index >= 15 is 0 Å². The van der Waals surface area contributed by atoms with Crippen molar-refractivity contribution in [1.82, 2.24) is 5.32 Å². The van der Waals surface area contributed by atoms with Crippen LogP contribution in [0.15, 0.2) is 24.3 Å². The van der Waals surface area contributed by atoms with Crippen LogP contribution in [0, 0.1) is 17.3 Å². The first-order chi connectivity index (χ1) is 10.9. The maximum atomic E-state index is 12.5. The Morgan fingerprint density at radius 3 is 2.65 bits per heavy atom. The fourth-order valence-corrected chi connectivity index (χ4v) is 6.07. The van der Waals surface area contributed by atoms with Crippen molar-refractivity contribution in [3.63, 3.8) is 0 Å². The van der Waals surface area contributed by atoms with Gasteiger partial charge in [-0.15, -0.1) is 0 Å². The predicted molar refractivity (Wildman–Crippen MR) is 90.0 cm³/mol. The molecule has 0 spiro atoms. The summed E-state index contributed by atoms with van der Waals surface area (Å²) in [7, 11) is 0. The van der Waals surface area contributed by atoms with Crippen LogP contribution < -0.4 is 5.32 Å². The van der Waals surface area contributed by atoms with Crippen molar-refractivity contribution >= 4 is 17.5 Å². The van der Waals surface area contributed by atoms with Crippen LogP contribution in [0.3, 0.4) is 0 Å². The number of benzene rings is 1. The summed E-state index contributed by atoms with van der Waals surface area (Å²) in [5.41, 5.74) is 0.573. The van der Waals surface area contributed by atoms with E-state index < -0.39 is 5.60 Å². The smallest absolute Gasteiger partial charge is 0.220 e. The van der Waals surface area contributed by atoms with Crippen molar-refractivity contribution in [1.29, 1.82) is 0 Å². The quantitative estimate of drug-likeness (QED) is 0.883. The standard InChI is InChI=1S/C19H24ClNO2/c20-16-3-1-2-13(5-16)11-21-17(22)10-18-6-14-4-15(7-18)9-19(23,8-14)12-18/h1-3,5,14-15,23H,4,6-12H2,(H,21,22)/t14-,15+,18?,19?. The highest BCUT2D eigenvalue weighted by molar-refractivity contribution is 6.30. The van der Waals surface area contributed by atoms with E-state index in [2.05, 4.69) is 5.32 Å². The van der Waals surface area contributed by atoms with Crippen molar-refractivity contribution < 1.29 is 9.90 Å². The predicted octanol–water partition coefficient (Wildman–Crippen LogP) is 3.68. The van der Waals surface area contributed by atoms with Crippen LogP contribution in [0.5, 0.6) is 0 Å². The van der Waals surface area contributed by atoms with Crippen molar-refractivity contribution in [2.75, 3.05) is 0 Å². The van der Waals surface area contributed by atoms with E-state index in [1.807, 2.05) is 24.3 Å².